The lowest BCUT2D eigenvalue weighted by Gasteiger charge is -2.22. The van der Waals surface area contributed by atoms with E-state index in [1.54, 1.807) is 10.9 Å². The van der Waals surface area contributed by atoms with Gasteiger partial charge in [0.1, 0.15) is 9.84 Å². The SMILES string of the molecule is Cn1cc(CCC(=O)NC2CCS(=O)(=O)CC2)cn1. The number of aromatic nitrogens is 2. The van der Waals surface area contributed by atoms with Crippen molar-refractivity contribution >= 4 is 15.7 Å². The molecule has 106 valence electrons. The van der Waals surface area contributed by atoms with E-state index in [1.165, 1.54) is 0 Å². The van der Waals surface area contributed by atoms with Gasteiger partial charge in [0.25, 0.3) is 0 Å². The summed E-state index contributed by atoms with van der Waals surface area (Å²) in [6.07, 6.45) is 5.77. The molecular formula is C12H19N3O3S. The summed E-state index contributed by atoms with van der Waals surface area (Å²) in [7, 11) is -1.03. The van der Waals surface area contributed by atoms with Crippen molar-refractivity contribution in [2.24, 2.45) is 7.05 Å². The summed E-state index contributed by atoms with van der Waals surface area (Å²) in [6.45, 7) is 0. The monoisotopic (exact) mass is 285 g/mol. The molecule has 1 saturated heterocycles. The van der Waals surface area contributed by atoms with Crippen LogP contribution in [0.1, 0.15) is 24.8 Å². The van der Waals surface area contributed by atoms with Crippen LogP contribution in [-0.4, -0.2) is 41.7 Å². The molecular weight excluding hydrogens is 266 g/mol. The fraction of sp³-hybridized carbons (Fsp3) is 0.667. The molecule has 1 aromatic rings. The van der Waals surface area contributed by atoms with E-state index in [-0.39, 0.29) is 23.5 Å². The third-order valence-electron chi connectivity index (χ3n) is 3.32. The van der Waals surface area contributed by atoms with Crippen LogP contribution in [0.2, 0.25) is 0 Å². The van der Waals surface area contributed by atoms with Gasteiger partial charge in [-0.1, -0.05) is 0 Å². The Labute approximate surface area is 113 Å². The van der Waals surface area contributed by atoms with Crippen LogP contribution in [0, 0.1) is 0 Å². The first kappa shape index (κ1) is 14.0. The molecule has 0 aliphatic carbocycles. The van der Waals surface area contributed by atoms with Crippen molar-refractivity contribution in [1.82, 2.24) is 15.1 Å². The molecule has 2 heterocycles. The molecule has 0 unspecified atom stereocenters. The second-order valence-electron chi connectivity index (χ2n) is 5.02. The van der Waals surface area contributed by atoms with Crippen LogP contribution in [0.25, 0.3) is 0 Å². The molecule has 0 bridgehead atoms. The molecule has 1 N–H and O–H groups in total. The van der Waals surface area contributed by atoms with Crippen molar-refractivity contribution in [2.45, 2.75) is 31.7 Å². The maximum atomic E-state index is 11.8. The molecule has 0 atom stereocenters. The topological polar surface area (TPSA) is 81.1 Å². The normalized spacial score (nSPS) is 19.2. The second kappa shape index (κ2) is 5.73. The molecule has 7 heteroatoms. The minimum absolute atomic E-state index is 0.00456. The summed E-state index contributed by atoms with van der Waals surface area (Å²) >= 11 is 0. The fourth-order valence-corrected chi connectivity index (χ4v) is 3.68. The van der Waals surface area contributed by atoms with E-state index in [2.05, 4.69) is 10.4 Å². The maximum absolute atomic E-state index is 11.8. The van der Waals surface area contributed by atoms with Crippen LogP contribution >= 0.6 is 0 Å². The first-order valence-electron chi connectivity index (χ1n) is 6.42. The number of hydrogen-bond acceptors (Lipinski definition) is 4. The minimum Gasteiger partial charge on any atom is -0.353 e. The molecule has 0 aromatic carbocycles. The highest BCUT2D eigenvalue weighted by molar-refractivity contribution is 7.91. The molecule has 1 aromatic heterocycles. The highest BCUT2D eigenvalue weighted by atomic mass is 32.2. The van der Waals surface area contributed by atoms with Crippen molar-refractivity contribution < 1.29 is 13.2 Å². The molecule has 6 nitrogen and oxygen atoms in total. The Balaban J connectivity index is 1.73. The average Bonchev–Trinajstić information content (AvgIpc) is 2.75. The second-order valence-corrected chi connectivity index (χ2v) is 7.32. The Hall–Kier alpha value is -1.37. The third kappa shape index (κ3) is 4.34. The van der Waals surface area contributed by atoms with Crippen molar-refractivity contribution in [1.29, 1.82) is 0 Å². The third-order valence-corrected chi connectivity index (χ3v) is 5.03. The zero-order valence-electron chi connectivity index (χ0n) is 11.0. The number of rotatable bonds is 4. The zero-order chi connectivity index (χ0) is 13.9. The highest BCUT2D eigenvalue weighted by Crippen LogP contribution is 2.12. The molecule has 1 aliphatic rings. The van der Waals surface area contributed by atoms with Gasteiger partial charge < -0.3 is 5.32 Å². The smallest absolute Gasteiger partial charge is 0.220 e. The van der Waals surface area contributed by atoms with E-state index in [0.717, 1.165) is 5.56 Å². The van der Waals surface area contributed by atoms with E-state index in [9.17, 15) is 13.2 Å². The van der Waals surface area contributed by atoms with Crippen LogP contribution in [0.5, 0.6) is 0 Å². The van der Waals surface area contributed by atoms with Crippen LogP contribution < -0.4 is 5.32 Å². The summed E-state index contributed by atoms with van der Waals surface area (Å²) in [5.74, 6) is 0.342. The Bertz CT molecular complexity index is 536. The molecule has 1 aliphatic heterocycles. The summed E-state index contributed by atoms with van der Waals surface area (Å²) < 4.78 is 24.3. The van der Waals surface area contributed by atoms with Crippen LogP contribution in [0.3, 0.4) is 0 Å². The zero-order valence-corrected chi connectivity index (χ0v) is 11.8. The number of carbonyl (C=O) groups is 1. The van der Waals surface area contributed by atoms with Gasteiger partial charge in [-0.3, -0.25) is 9.48 Å². The highest BCUT2D eigenvalue weighted by Gasteiger charge is 2.24. The molecule has 19 heavy (non-hydrogen) atoms. The van der Waals surface area contributed by atoms with Crippen molar-refractivity contribution in [3.8, 4) is 0 Å². The van der Waals surface area contributed by atoms with Crippen molar-refractivity contribution in [3.05, 3.63) is 18.0 Å². The van der Waals surface area contributed by atoms with Crippen LogP contribution in [-0.2, 0) is 28.1 Å². The quantitative estimate of drug-likeness (QED) is 0.847. The van der Waals surface area contributed by atoms with Crippen molar-refractivity contribution in [2.75, 3.05) is 11.5 Å². The van der Waals surface area contributed by atoms with E-state index in [0.29, 0.717) is 25.7 Å². The molecule has 0 spiro atoms. The number of nitrogens with one attached hydrogen (secondary N) is 1. The van der Waals surface area contributed by atoms with Gasteiger partial charge in [0.2, 0.25) is 5.91 Å². The predicted octanol–water partition coefficient (Wildman–Crippen LogP) is 0.0461. The van der Waals surface area contributed by atoms with Crippen LogP contribution in [0.15, 0.2) is 12.4 Å². The largest absolute Gasteiger partial charge is 0.353 e. The number of hydrogen-bond donors (Lipinski definition) is 1. The lowest BCUT2D eigenvalue weighted by molar-refractivity contribution is -0.121. The summed E-state index contributed by atoms with van der Waals surface area (Å²) in [5.41, 5.74) is 1.03. The predicted molar refractivity (Wildman–Crippen MR) is 71.3 cm³/mol. The first-order chi connectivity index (χ1) is 8.94. The van der Waals surface area contributed by atoms with Gasteiger partial charge in [-0.25, -0.2) is 8.42 Å². The minimum atomic E-state index is -2.87. The molecule has 0 radical (unpaired) electrons. The summed E-state index contributed by atoms with van der Waals surface area (Å²) in [5, 5.41) is 6.95. The molecule has 0 saturated carbocycles. The Morgan fingerprint density at radius 1 is 1.47 bits per heavy atom. The van der Waals surface area contributed by atoms with Gasteiger partial charge in [0, 0.05) is 25.7 Å². The van der Waals surface area contributed by atoms with Gasteiger partial charge in [-0.05, 0) is 24.8 Å². The summed E-state index contributed by atoms with van der Waals surface area (Å²) in [6, 6.07) is 0.00456. The standard InChI is InChI=1S/C12H19N3O3S/c1-15-9-10(8-13-15)2-3-12(16)14-11-4-6-19(17,18)7-5-11/h8-9,11H,2-7H2,1H3,(H,14,16). The number of carbonyl (C=O) groups excluding carboxylic acids is 1. The number of sulfone groups is 1. The Morgan fingerprint density at radius 3 is 2.74 bits per heavy atom. The van der Waals surface area contributed by atoms with E-state index in [1.807, 2.05) is 13.2 Å². The van der Waals surface area contributed by atoms with Gasteiger partial charge in [-0.15, -0.1) is 0 Å². The lowest BCUT2D eigenvalue weighted by Crippen LogP contribution is -2.40. The first-order valence-corrected chi connectivity index (χ1v) is 8.24. The van der Waals surface area contributed by atoms with Crippen molar-refractivity contribution in [3.63, 3.8) is 0 Å². The van der Waals surface area contributed by atoms with Crippen LogP contribution in [0.4, 0.5) is 0 Å². The Kier molecular flexibility index (Phi) is 4.24. The molecule has 2 rings (SSSR count). The number of amides is 1. The van der Waals surface area contributed by atoms with E-state index >= 15 is 0 Å². The van der Waals surface area contributed by atoms with Gasteiger partial charge in [0.05, 0.1) is 17.7 Å². The van der Waals surface area contributed by atoms with E-state index < -0.39 is 9.84 Å². The fourth-order valence-electron chi connectivity index (χ4n) is 2.19. The average molecular weight is 285 g/mol. The van der Waals surface area contributed by atoms with Gasteiger partial charge in [-0.2, -0.15) is 5.10 Å². The molecule has 1 amide bonds. The number of nitrogens with zero attached hydrogens (tertiary/aromatic N) is 2. The number of aryl methyl sites for hydroxylation is 2. The molecule has 1 fully saturated rings. The van der Waals surface area contributed by atoms with Gasteiger partial charge >= 0.3 is 0 Å². The summed E-state index contributed by atoms with van der Waals surface area (Å²) in [4.78, 5) is 11.8. The lowest BCUT2D eigenvalue weighted by atomic mass is 10.1. The van der Waals surface area contributed by atoms with Gasteiger partial charge in [0.15, 0.2) is 0 Å². The maximum Gasteiger partial charge on any atom is 0.220 e. The van der Waals surface area contributed by atoms with E-state index in [4.69, 9.17) is 0 Å². The Morgan fingerprint density at radius 2 is 2.16 bits per heavy atom.